The highest BCUT2D eigenvalue weighted by Crippen LogP contribution is 2.36. The zero-order valence-corrected chi connectivity index (χ0v) is 18.5. The minimum absolute atomic E-state index is 0.128. The molecule has 0 aliphatic carbocycles. The summed E-state index contributed by atoms with van der Waals surface area (Å²) in [5.41, 5.74) is 2.03. The third-order valence-corrected chi connectivity index (χ3v) is 7.94. The number of halogens is 4. The fourth-order valence-corrected chi connectivity index (χ4v) is 5.93. The molecule has 0 amide bonds. The van der Waals surface area contributed by atoms with Gasteiger partial charge in [0, 0.05) is 48.6 Å². The number of hydrogen-bond acceptors (Lipinski definition) is 4. The van der Waals surface area contributed by atoms with E-state index in [0.29, 0.717) is 48.9 Å². The molecule has 0 N–H and O–H groups in total. The molecule has 4 rings (SSSR count). The normalized spacial score (nSPS) is 20.2. The number of sulfonamides is 1. The Bertz CT molecular complexity index is 1070. The second-order valence-electron chi connectivity index (χ2n) is 7.96. The Balaban J connectivity index is 1.50. The van der Waals surface area contributed by atoms with Crippen molar-refractivity contribution in [2.24, 2.45) is 0 Å². The van der Waals surface area contributed by atoms with Crippen molar-refractivity contribution < 1.29 is 21.6 Å². The van der Waals surface area contributed by atoms with Gasteiger partial charge < -0.3 is 9.80 Å². The summed E-state index contributed by atoms with van der Waals surface area (Å²) in [5.74, 6) is 0. The van der Waals surface area contributed by atoms with Crippen LogP contribution in [0.5, 0.6) is 0 Å². The third kappa shape index (κ3) is 4.63. The Hall–Kier alpha value is -1.97. The topological polar surface area (TPSA) is 43.9 Å². The molecule has 2 aliphatic rings. The zero-order chi connectivity index (χ0) is 22.4. The van der Waals surface area contributed by atoms with Gasteiger partial charge in [-0.1, -0.05) is 17.7 Å². The van der Waals surface area contributed by atoms with E-state index >= 15 is 0 Å². The molecule has 0 spiro atoms. The Kier molecular flexibility index (Phi) is 5.87. The quantitative estimate of drug-likeness (QED) is 0.668. The minimum Gasteiger partial charge on any atom is -0.369 e. The van der Waals surface area contributed by atoms with Crippen molar-refractivity contribution in [1.82, 2.24) is 4.31 Å². The van der Waals surface area contributed by atoms with Crippen LogP contribution < -0.4 is 9.80 Å². The third-order valence-electron chi connectivity index (χ3n) is 5.81. The summed E-state index contributed by atoms with van der Waals surface area (Å²) in [5, 5.41) is 0.625. The van der Waals surface area contributed by atoms with Crippen LogP contribution in [-0.4, -0.2) is 57.7 Å². The fraction of sp³-hybridized carbons (Fsp3) is 0.429. The summed E-state index contributed by atoms with van der Waals surface area (Å²) in [6.45, 7) is 2.38. The summed E-state index contributed by atoms with van der Waals surface area (Å²) in [6.07, 6.45) is -3.93. The van der Waals surface area contributed by atoms with E-state index in [4.69, 9.17) is 11.6 Å². The molecule has 0 saturated carbocycles. The number of piperazine rings is 1. The molecule has 168 valence electrons. The second-order valence-corrected chi connectivity index (χ2v) is 10.3. The van der Waals surface area contributed by atoms with Crippen LogP contribution in [0.1, 0.15) is 12.5 Å². The molecule has 1 fully saturated rings. The van der Waals surface area contributed by atoms with Gasteiger partial charge in [0.2, 0.25) is 10.0 Å². The molecule has 10 heteroatoms. The Labute approximate surface area is 185 Å². The van der Waals surface area contributed by atoms with E-state index in [2.05, 4.69) is 4.90 Å². The number of rotatable bonds is 4. The smallest absolute Gasteiger partial charge is 0.369 e. The molecule has 5 nitrogen and oxygen atoms in total. The van der Waals surface area contributed by atoms with Gasteiger partial charge in [-0.3, -0.25) is 0 Å². The Morgan fingerprint density at radius 1 is 1.06 bits per heavy atom. The standard InChI is InChI=1S/C21H23ClF3N3O2S/c1-15-11-16-12-19(5-6-20(16)28(15)14-21(23,24)25)31(29,30)27-9-7-26(8-10-27)18-4-2-3-17(22)13-18/h2-6,12-13,15H,7-11,14H2,1H3. The second kappa shape index (κ2) is 8.18. The van der Waals surface area contributed by atoms with Crippen LogP contribution in [0.2, 0.25) is 5.02 Å². The van der Waals surface area contributed by atoms with Gasteiger partial charge in [0.15, 0.2) is 0 Å². The zero-order valence-electron chi connectivity index (χ0n) is 16.9. The van der Waals surface area contributed by atoms with Gasteiger partial charge in [-0.25, -0.2) is 8.42 Å². The van der Waals surface area contributed by atoms with Crippen LogP contribution in [0, 0.1) is 0 Å². The molecule has 1 atom stereocenters. The van der Waals surface area contributed by atoms with E-state index in [1.54, 1.807) is 13.0 Å². The molecule has 31 heavy (non-hydrogen) atoms. The fourth-order valence-electron chi connectivity index (χ4n) is 4.27. The molecule has 0 bridgehead atoms. The predicted molar refractivity (Wildman–Crippen MR) is 115 cm³/mol. The number of alkyl halides is 3. The van der Waals surface area contributed by atoms with Gasteiger partial charge in [-0.2, -0.15) is 17.5 Å². The Morgan fingerprint density at radius 2 is 1.77 bits per heavy atom. The number of benzene rings is 2. The van der Waals surface area contributed by atoms with Crippen molar-refractivity contribution in [3.63, 3.8) is 0 Å². The van der Waals surface area contributed by atoms with Gasteiger partial charge >= 0.3 is 6.18 Å². The first-order valence-corrected chi connectivity index (χ1v) is 11.8. The first kappa shape index (κ1) is 22.2. The predicted octanol–water partition coefficient (Wildman–Crippen LogP) is 4.16. The summed E-state index contributed by atoms with van der Waals surface area (Å²) in [4.78, 5) is 3.50. The maximum absolute atomic E-state index is 13.2. The molecule has 2 aromatic rings. The molecular formula is C21H23ClF3N3O2S. The van der Waals surface area contributed by atoms with Crippen LogP contribution >= 0.6 is 11.6 Å². The first-order valence-electron chi connectivity index (χ1n) is 10.0. The average molecular weight is 474 g/mol. The molecule has 2 aliphatic heterocycles. The van der Waals surface area contributed by atoms with Crippen molar-refractivity contribution in [2.45, 2.75) is 30.5 Å². The van der Waals surface area contributed by atoms with Gasteiger partial charge in [0.05, 0.1) is 4.90 Å². The number of nitrogens with zero attached hydrogens (tertiary/aromatic N) is 3. The van der Waals surface area contributed by atoms with Crippen molar-refractivity contribution in [3.05, 3.63) is 53.1 Å². The van der Waals surface area contributed by atoms with E-state index in [1.807, 2.05) is 18.2 Å². The lowest BCUT2D eigenvalue weighted by molar-refractivity contribution is -0.120. The molecule has 2 aromatic carbocycles. The molecule has 1 saturated heterocycles. The van der Waals surface area contributed by atoms with Crippen molar-refractivity contribution in [2.75, 3.05) is 42.5 Å². The summed E-state index contributed by atoms with van der Waals surface area (Å²) in [6, 6.07) is 11.5. The SMILES string of the molecule is CC1Cc2cc(S(=O)(=O)N3CCN(c4cccc(Cl)c4)CC3)ccc2N1CC(F)(F)F. The maximum Gasteiger partial charge on any atom is 0.405 e. The van der Waals surface area contributed by atoms with E-state index in [0.717, 1.165) is 5.69 Å². The van der Waals surface area contributed by atoms with Gasteiger partial charge in [0.1, 0.15) is 6.54 Å². The van der Waals surface area contributed by atoms with Crippen LogP contribution in [-0.2, 0) is 16.4 Å². The van der Waals surface area contributed by atoms with Crippen LogP contribution in [0.4, 0.5) is 24.5 Å². The van der Waals surface area contributed by atoms with E-state index in [1.165, 1.54) is 27.4 Å². The molecule has 0 radical (unpaired) electrons. The largest absolute Gasteiger partial charge is 0.405 e. The lowest BCUT2D eigenvalue weighted by atomic mass is 10.1. The lowest BCUT2D eigenvalue weighted by Crippen LogP contribution is -2.48. The van der Waals surface area contributed by atoms with Gasteiger partial charge in [-0.05, 0) is 55.3 Å². The van der Waals surface area contributed by atoms with Gasteiger partial charge in [0.25, 0.3) is 0 Å². The van der Waals surface area contributed by atoms with Crippen LogP contribution in [0.25, 0.3) is 0 Å². The average Bonchev–Trinajstić information content (AvgIpc) is 3.01. The first-order chi connectivity index (χ1) is 14.5. The summed E-state index contributed by atoms with van der Waals surface area (Å²) in [7, 11) is -3.73. The molecule has 1 unspecified atom stereocenters. The van der Waals surface area contributed by atoms with E-state index in [9.17, 15) is 21.6 Å². The monoisotopic (exact) mass is 473 g/mol. The van der Waals surface area contributed by atoms with Crippen molar-refractivity contribution in [3.8, 4) is 0 Å². The van der Waals surface area contributed by atoms with Crippen LogP contribution in [0.15, 0.2) is 47.4 Å². The highest BCUT2D eigenvalue weighted by Gasteiger charge is 2.37. The van der Waals surface area contributed by atoms with Crippen LogP contribution in [0.3, 0.4) is 0 Å². The molecule has 2 heterocycles. The van der Waals surface area contributed by atoms with Crippen molar-refractivity contribution >= 4 is 33.0 Å². The molecular weight excluding hydrogens is 451 g/mol. The minimum atomic E-state index is -4.32. The number of hydrogen-bond donors (Lipinski definition) is 0. The van der Waals surface area contributed by atoms with Gasteiger partial charge in [-0.15, -0.1) is 0 Å². The maximum atomic E-state index is 13.2. The highest BCUT2D eigenvalue weighted by atomic mass is 35.5. The molecule has 0 aromatic heterocycles. The lowest BCUT2D eigenvalue weighted by Gasteiger charge is -2.35. The Morgan fingerprint density at radius 3 is 2.42 bits per heavy atom. The van der Waals surface area contributed by atoms with E-state index < -0.39 is 22.7 Å². The summed E-state index contributed by atoms with van der Waals surface area (Å²) < 4.78 is 66.5. The van der Waals surface area contributed by atoms with Crippen molar-refractivity contribution in [1.29, 1.82) is 0 Å². The van der Waals surface area contributed by atoms with E-state index in [-0.39, 0.29) is 10.9 Å². The summed E-state index contributed by atoms with van der Waals surface area (Å²) >= 11 is 6.05. The highest BCUT2D eigenvalue weighted by molar-refractivity contribution is 7.89. The number of fused-ring (bicyclic) bond motifs is 1. The number of anilines is 2.